The van der Waals surface area contributed by atoms with Gasteiger partial charge in [0.25, 0.3) is 6.43 Å². The Labute approximate surface area is 120 Å². The highest BCUT2D eigenvalue weighted by Crippen LogP contribution is 2.23. The van der Waals surface area contributed by atoms with Crippen molar-refractivity contribution in [1.29, 1.82) is 0 Å². The normalized spacial score (nSPS) is 10.3. The maximum atomic E-state index is 12.1. The molecular formula is C13H17F2N3O3. The first kappa shape index (κ1) is 16.8. The maximum Gasteiger partial charge on any atom is 0.272 e. The fourth-order valence-corrected chi connectivity index (χ4v) is 1.44. The van der Waals surface area contributed by atoms with Gasteiger partial charge in [-0.2, -0.15) is 0 Å². The maximum absolute atomic E-state index is 12.1. The van der Waals surface area contributed by atoms with Crippen LogP contribution in [0.5, 0.6) is 5.75 Å². The first-order valence-electron chi connectivity index (χ1n) is 6.20. The topological polar surface area (TPSA) is 93.5 Å². The molecule has 0 aliphatic rings. The lowest BCUT2D eigenvalue weighted by atomic mass is 10.2. The Balaban J connectivity index is 2.60. The van der Waals surface area contributed by atoms with Gasteiger partial charge in [0, 0.05) is 11.8 Å². The number of ether oxygens (including phenoxy) is 1. The summed E-state index contributed by atoms with van der Waals surface area (Å²) in [7, 11) is 0. The number of carbonyl (C=O) groups is 2. The van der Waals surface area contributed by atoms with Gasteiger partial charge in [-0.05, 0) is 18.6 Å². The average molecular weight is 301 g/mol. The van der Waals surface area contributed by atoms with Crippen LogP contribution in [0.3, 0.4) is 0 Å². The first-order chi connectivity index (χ1) is 9.92. The molecule has 0 spiro atoms. The molecule has 1 aromatic rings. The summed E-state index contributed by atoms with van der Waals surface area (Å²) < 4.78 is 29.2. The van der Waals surface area contributed by atoms with E-state index in [1.165, 1.54) is 6.07 Å². The van der Waals surface area contributed by atoms with Gasteiger partial charge in [0.15, 0.2) is 0 Å². The lowest BCUT2D eigenvalue weighted by Gasteiger charge is -2.11. The summed E-state index contributed by atoms with van der Waals surface area (Å²) in [6, 6.07) is 4.68. The van der Waals surface area contributed by atoms with Crippen LogP contribution in [0.4, 0.5) is 14.5 Å². The number of benzene rings is 1. The molecule has 0 aliphatic carbocycles. The first-order valence-corrected chi connectivity index (χ1v) is 6.20. The minimum absolute atomic E-state index is 0.205. The largest absolute Gasteiger partial charge is 0.487 e. The van der Waals surface area contributed by atoms with Crippen molar-refractivity contribution in [3.63, 3.8) is 0 Å². The third-order valence-electron chi connectivity index (χ3n) is 2.47. The minimum Gasteiger partial charge on any atom is -0.487 e. The standard InChI is InChI=1S/C13H17F2N3O3/c1-8-2-3-9(4-10(8)21-7-11(14)15)18-13(20)6-17-12(19)5-16/h2-4,11H,5-7,16H2,1H3,(H,17,19)(H,18,20). The summed E-state index contributed by atoms with van der Waals surface area (Å²) in [6.07, 6.45) is -2.57. The molecule has 0 unspecified atom stereocenters. The van der Waals surface area contributed by atoms with Crippen molar-refractivity contribution < 1.29 is 23.1 Å². The quantitative estimate of drug-likeness (QED) is 0.689. The molecule has 0 heterocycles. The van der Waals surface area contributed by atoms with Crippen molar-refractivity contribution >= 4 is 17.5 Å². The van der Waals surface area contributed by atoms with Crippen molar-refractivity contribution in [3.05, 3.63) is 23.8 Å². The number of rotatable bonds is 7. The highest BCUT2D eigenvalue weighted by molar-refractivity contribution is 5.94. The summed E-state index contributed by atoms with van der Waals surface area (Å²) in [4.78, 5) is 22.5. The molecular weight excluding hydrogens is 284 g/mol. The zero-order chi connectivity index (χ0) is 15.8. The Morgan fingerprint density at radius 1 is 1.33 bits per heavy atom. The predicted molar refractivity (Wildman–Crippen MR) is 73.4 cm³/mol. The molecule has 1 aromatic carbocycles. The van der Waals surface area contributed by atoms with Crippen molar-refractivity contribution in [1.82, 2.24) is 5.32 Å². The van der Waals surface area contributed by atoms with Gasteiger partial charge in [-0.3, -0.25) is 9.59 Å². The molecule has 1 rings (SSSR count). The predicted octanol–water partition coefficient (Wildman–Crippen LogP) is 0.652. The van der Waals surface area contributed by atoms with Gasteiger partial charge >= 0.3 is 0 Å². The third kappa shape index (κ3) is 6.17. The molecule has 6 nitrogen and oxygen atoms in total. The van der Waals surface area contributed by atoms with Crippen LogP contribution in [0, 0.1) is 6.92 Å². The monoisotopic (exact) mass is 301 g/mol. The summed E-state index contributed by atoms with van der Waals surface area (Å²) in [5.74, 6) is -0.644. The molecule has 21 heavy (non-hydrogen) atoms. The highest BCUT2D eigenvalue weighted by Gasteiger charge is 2.09. The summed E-state index contributed by atoms with van der Waals surface area (Å²) in [5.41, 5.74) is 6.14. The molecule has 0 aromatic heterocycles. The van der Waals surface area contributed by atoms with Gasteiger partial charge in [0.2, 0.25) is 11.8 Å². The molecule has 0 bridgehead atoms. The van der Waals surface area contributed by atoms with Gasteiger partial charge in [-0.15, -0.1) is 0 Å². The number of hydrogen-bond acceptors (Lipinski definition) is 4. The lowest BCUT2D eigenvalue weighted by molar-refractivity contribution is -0.123. The smallest absolute Gasteiger partial charge is 0.272 e. The van der Waals surface area contributed by atoms with Gasteiger partial charge in [-0.1, -0.05) is 6.07 Å². The molecule has 0 fully saturated rings. The molecule has 116 valence electrons. The van der Waals surface area contributed by atoms with Crippen LogP contribution in [0.2, 0.25) is 0 Å². The van der Waals surface area contributed by atoms with E-state index in [0.717, 1.165) is 0 Å². The summed E-state index contributed by atoms with van der Waals surface area (Å²) in [6.45, 7) is 0.555. The van der Waals surface area contributed by atoms with E-state index in [9.17, 15) is 18.4 Å². The zero-order valence-electron chi connectivity index (χ0n) is 11.5. The van der Waals surface area contributed by atoms with Gasteiger partial charge < -0.3 is 21.1 Å². The van der Waals surface area contributed by atoms with Gasteiger partial charge in [-0.25, -0.2) is 8.78 Å². The Morgan fingerprint density at radius 3 is 2.67 bits per heavy atom. The fourth-order valence-electron chi connectivity index (χ4n) is 1.44. The van der Waals surface area contributed by atoms with Crippen LogP contribution in [0.1, 0.15) is 5.56 Å². The van der Waals surface area contributed by atoms with Crippen LogP contribution in [0.25, 0.3) is 0 Å². The second kappa shape index (κ2) is 8.15. The van der Waals surface area contributed by atoms with Crippen molar-refractivity contribution in [2.45, 2.75) is 13.3 Å². The number of amides is 2. The van der Waals surface area contributed by atoms with Crippen LogP contribution >= 0.6 is 0 Å². The summed E-state index contributed by atoms with van der Waals surface area (Å²) in [5, 5.41) is 4.83. The number of hydrogen-bond donors (Lipinski definition) is 3. The second-order valence-corrected chi connectivity index (χ2v) is 4.21. The number of anilines is 1. The minimum atomic E-state index is -2.57. The number of alkyl halides is 2. The second-order valence-electron chi connectivity index (χ2n) is 4.21. The van der Waals surface area contributed by atoms with Crippen LogP contribution in [0.15, 0.2) is 18.2 Å². The molecule has 0 atom stereocenters. The van der Waals surface area contributed by atoms with Crippen molar-refractivity contribution in [2.75, 3.05) is 25.0 Å². The van der Waals surface area contributed by atoms with Gasteiger partial charge in [0.05, 0.1) is 13.1 Å². The number of nitrogens with one attached hydrogen (secondary N) is 2. The Kier molecular flexibility index (Phi) is 6.54. The lowest BCUT2D eigenvalue weighted by Crippen LogP contribution is -2.36. The van der Waals surface area contributed by atoms with E-state index < -0.39 is 24.8 Å². The fraction of sp³-hybridized carbons (Fsp3) is 0.385. The van der Waals surface area contributed by atoms with Crippen molar-refractivity contribution in [2.24, 2.45) is 5.73 Å². The highest BCUT2D eigenvalue weighted by atomic mass is 19.3. The molecule has 0 saturated carbocycles. The van der Waals surface area contributed by atoms with E-state index in [2.05, 4.69) is 10.6 Å². The van der Waals surface area contributed by atoms with Crippen LogP contribution in [-0.2, 0) is 9.59 Å². The van der Waals surface area contributed by atoms with E-state index >= 15 is 0 Å². The Bertz CT molecular complexity index is 509. The molecule has 0 radical (unpaired) electrons. The molecule has 8 heteroatoms. The number of carbonyl (C=O) groups excluding carboxylic acids is 2. The van der Waals surface area contributed by atoms with E-state index in [4.69, 9.17) is 10.5 Å². The average Bonchev–Trinajstić information content (AvgIpc) is 2.45. The van der Waals surface area contributed by atoms with E-state index in [1.54, 1.807) is 19.1 Å². The van der Waals surface area contributed by atoms with Crippen molar-refractivity contribution in [3.8, 4) is 5.75 Å². The molecule has 0 aliphatic heterocycles. The zero-order valence-corrected chi connectivity index (χ0v) is 11.5. The van der Waals surface area contributed by atoms with Crippen LogP contribution in [-0.4, -0.2) is 37.9 Å². The number of halogens is 2. The number of aryl methyl sites for hydroxylation is 1. The SMILES string of the molecule is Cc1ccc(NC(=O)CNC(=O)CN)cc1OCC(F)F. The molecule has 4 N–H and O–H groups in total. The van der Waals surface area contributed by atoms with E-state index in [-0.39, 0.29) is 18.8 Å². The Hall–Kier alpha value is -2.22. The number of nitrogens with two attached hydrogens (primary N) is 1. The Morgan fingerprint density at radius 2 is 2.05 bits per heavy atom. The molecule has 2 amide bonds. The molecule has 0 saturated heterocycles. The van der Waals surface area contributed by atoms with Crippen LogP contribution < -0.4 is 21.1 Å². The van der Waals surface area contributed by atoms with E-state index in [0.29, 0.717) is 11.3 Å². The third-order valence-corrected chi connectivity index (χ3v) is 2.47. The van der Waals surface area contributed by atoms with E-state index in [1.807, 2.05) is 0 Å². The summed E-state index contributed by atoms with van der Waals surface area (Å²) >= 11 is 0. The van der Waals surface area contributed by atoms with Gasteiger partial charge in [0.1, 0.15) is 12.4 Å².